The molecule has 3 aliphatic rings. The molecule has 0 aromatic carbocycles. The zero-order valence-corrected chi connectivity index (χ0v) is 17.6. The number of allylic oxidation sites excluding steroid dienone is 2. The lowest BCUT2D eigenvalue weighted by Crippen LogP contribution is -2.35. The van der Waals surface area contributed by atoms with Crippen molar-refractivity contribution in [3.8, 4) is 0 Å². The first kappa shape index (κ1) is 20.4. The summed E-state index contributed by atoms with van der Waals surface area (Å²) < 4.78 is 1.42. The molecule has 11 nitrogen and oxygen atoms in total. The van der Waals surface area contributed by atoms with Crippen LogP contribution in [0.25, 0.3) is 5.57 Å². The molecule has 5 rings (SSSR count). The number of imidazole rings is 1. The van der Waals surface area contributed by atoms with Gasteiger partial charge in [-0.25, -0.2) is 10.4 Å². The second-order valence-corrected chi connectivity index (χ2v) is 7.64. The maximum absolute atomic E-state index is 13.1. The third-order valence-electron chi connectivity index (χ3n) is 5.40. The quantitative estimate of drug-likeness (QED) is 0.713. The molecule has 3 aliphatic heterocycles. The summed E-state index contributed by atoms with van der Waals surface area (Å²) in [5.41, 5.74) is 4.59. The van der Waals surface area contributed by atoms with E-state index in [2.05, 4.69) is 35.8 Å². The Hall–Kier alpha value is -4.54. The molecular formula is C22H19N9O2. The fourth-order valence-corrected chi connectivity index (χ4v) is 3.92. The molecule has 0 saturated heterocycles. The van der Waals surface area contributed by atoms with Crippen LogP contribution in [0.2, 0.25) is 0 Å². The van der Waals surface area contributed by atoms with Crippen LogP contribution in [-0.4, -0.2) is 54.5 Å². The van der Waals surface area contributed by atoms with E-state index in [4.69, 9.17) is 4.99 Å². The number of hydrogen-bond donors (Lipinski definition) is 2. The monoisotopic (exact) mass is 441 g/mol. The zero-order valence-electron chi connectivity index (χ0n) is 17.6. The van der Waals surface area contributed by atoms with Crippen molar-refractivity contribution >= 4 is 35.0 Å². The van der Waals surface area contributed by atoms with Crippen LogP contribution in [0.5, 0.6) is 0 Å². The van der Waals surface area contributed by atoms with E-state index in [1.54, 1.807) is 43.4 Å². The van der Waals surface area contributed by atoms with Crippen molar-refractivity contribution in [1.29, 1.82) is 0 Å². The minimum Gasteiger partial charge on any atom is -0.359 e. The van der Waals surface area contributed by atoms with Gasteiger partial charge in [0.1, 0.15) is 17.8 Å². The number of hydrogen-bond acceptors (Lipinski definition) is 9. The van der Waals surface area contributed by atoms with Crippen LogP contribution in [0, 0.1) is 5.92 Å². The molecule has 2 N–H and O–H groups in total. The molecule has 2 unspecified atom stereocenters. The summed E-state index contributed by atoms with van der Waals surface area (Å²) in [5, 5.41) is 6.99. The van der Waals surface area contributed by atoms with Crippen molar-refractivity contribution in [2.24, 2.45) is 21.0 Å². The first-order valence-corrected chi connectivity index (χ1v) is 10.2. The van der Waals surface area contributed by atoms with Gasteiger partial charge in [-0.05, 0) is 19.1 Å². The second-order valence-electron chi connectivity index (χ2n) is 7.64. The van der Waals surface area contributed by atoms with E-state index in [1.807, 2.05) is 19.1 Å². The summed E-state index contributed by atoms with van der Waals surface area (Å²) >= 11 is 0. The number of nitrogens with zero attached hydrogens (tertiary/aromatic N) is 7. The van der Waals surface area contributed by atoms with Gasteiger partial charge < -0.3 is 5.32 Å². The fourth-order valence-electron chi connectivity index (χ4n) is 3.92. The zero-order chi connectivity index (χ0) is 22.8. The third kappa shape index (κ3) is 3.91. The number of aromatic nitrogens is 4. The molecule has 1 amide bonds. The molecule has 164 valence electrons. The Morgan fingerprint density at radius 1 is 1.27 bits per heavy atom. The van der Waals surface area contributed by atoms with Crippen molar-refractivity contribution in [1.82, 2.24) is 30.3 Å². The topological polar surface area (TPSA) is 139 Å². The summed E-state index contributed by atoms with van der Waals surface area (Å²) in [5.74, 6) is -1.12. The van der Waals surface area contributed by atoms with E-state index in [-0.39, 0.29) is 18.2 Å². The molecule has 0 aliphatic carbocycles. The highest BCUT2D eigenvalue weighted by atomic mass is 16.2. The number of nitrogens with one attached hydrogen (secondary N) is 2. The first-order valence-electron chi connectivity index (χ1n) is 10.2. The number of carbonyl (C=O) groups is 2. The minimum atomic E-state index is -1.04. The van der Waals surface area contributed by atoms with Crippen molar-refractivity contribution in [2.75, 3.05) is 0 Å². The van der Waals surface area contributed by atoms with E-state index < -0.39 is 11.5 Å². The van der Waals surface area contributed by atoms with E-state index in [9.17, 15) is 9.59 Å². The van der Waals surface area contributed by atoms with Crippen LogP contribution in [0.3, 0.4) is 0 Å². The lowest BCUT2D eigenvalue weighted by molar-refractivity contribution is -0.120. The molecule has 0 bridgehead atoms. The van der Waals surface area contributed by atoms with Gasteiger partial charge in [-0.2, -0.15) is 5.10 Å². The summed E-state index contributed by atoms with van der Waals surface area (Å²) in [6, 6.07) is 0. The summed E-state index contributed by atoms with van der Waals surface area (Å²) in [4.78, 5) is 47.1. The molecule has 33 heavy (non-hydrogen) atoms. The van der Waals surface area contributed by atoms with Crippen LogP contribution in [-0.2, 0) is 4.79 Å². The van der Waals surface area contributed by atoms with Gasteiger partial charge >= 0.3 is 0 Å². The van der Waals surface area contributed by atoms with Crippen LogP contribution in [0.4, 0.5) is 0 Å². The lowest BCUT2D eigenvalue weighted by Gasteiger charge is -2.24. The van der Waals surface area contributed by atoms with Crippen LogP contribution >= 0.6 is 0 Å². The van der Waals surface area contributed by atoms with Gasteiger partial charge in [0.15, 0.2) is 0 Å². The second kappa shape index (κ2) is 8.19. The summed E-state index contributed by atoms with van der Waals surface area (Å²) in [6.45, 7) is 1.86. The molecule has 0 spiro atoms. The number of carbonyl (C=O) groups excluding carboxylic acids is 2. The Balaban J connectivity index is 1.59. The van der Waals surface area contributed by atoms with Gasteiger partial charge in [0.25, 0.3) is 5.91 Å². The maximum atomic E-state index is 13.1. The van der Waals surface area contributed by atoms with Crippen molar-refractivity contribution < 1.29 is 9.59 Å². The van der Waals surface area contributed by atoms with Crippen LogP contribution in [0.1, 0.15) is 23.8 Å². The van der Waals surface area contributed by atoms with Gasteiger partial charge in [0, 0.05) is 54.7 Å². The number of rotatable bonds is 5. The van der Waals surface area contributed by atoms with E-state index in [0.29, 0.717) is 17.1 Å². The smallest absolute Gasteiger partial charge is 0.254 e. The van der Waals surface area contributed by atoms with Gasteiger partial charge in [0.2, 0.25) is 5.91 Å². The van der Waals surface area contributed by atoms with Crippen molar-refractivity contribution in [3.05, 3.63) is 73.3 Å². The highest BCUT2D eigenvalue weighted by Crippen LogP contribution is 2.35. The summed E-state index contributed by atoms with van der Waals surface area (Å²) in [7, 11) is 0. The number of hydrazone groups is 1. The summed E-state index contributed by atoms with van der Waals surface area (Å²) in [6.07, 6.45) is 17.9. The number of amides is 1. The minimum absolute atomic E-state index is 0.0254. The van der Waals surface area contributed by atoms with Gasteiger partial charge in [-0.15, -0.1) is 0 Å². The van der Waals surface area contributed by atoms with E-state index >= 15 is 0 Å². The van der Waals surface area contributed by atoms with Crippen LogP contribution in [0.15, 0.2) is 82.6 Å². The Morgan fingerprint density at radius 2 is 2.18 bits per heavy atom. The first-order chi connectivity index (χ1) is 16.0. The Bertz CT molecular complexity index is 1290. The van der Waals surface area contributed by atoms with E-state index in [0.717, 1.165) is 11.3 Å². The Labute approximate surface area is 188 Å². The maximum Gasteiger partial charge on any atom is 0.254 e. The van der Waals surface area contributed by atoms with Gasteiger partial charge in [-0.3, -0.25) is 34.1 Å². The number of aliphatic imine (C=N–C) groups is 2. The van der Waals surface area contributed by atoms with Gasteiger partial charge in [0.05, 0.1) is 29.7 Å². The highest BCUT2D eigenvalue weighted by Gasteiger charge is 2.38. The third-order valence-corrected chi connectivity index (χ3v) is 5.40. The average Bonchev–Trinajstić information content (AvgIpc) is 3.56. The predicted octanol–water partition coefficient (Wildman–Crippen LogP) is 1.13. The molecule has 0 saturated carbocycles. The molecule has 2 atom stereocenters. The standard InChI is InChI=1S/C22H19N9O2/c1-14-15(18-12-23-2-3-26-18)8-22(29-14,10-19(32)31-7-6-24-13-31)9-17-20(27-5-4-25-17)16-11-28-30-21(16)33/h2-9,11-13,16,25H,10H2,1H3,(H,30,33). The predicted molar refractivity (Wildman–Crippen MR) is 121 cm³/mol. The molecule has 2 aromatic rings. The lowest BCUT2D eigenvalue weighted by atomic mass is 9.90. The SMILES string of the molecule is CC1=NC(C=C2NC=CN=C2C2C=NNC2=O)(CC(=O)n2ccnc2)C=C1c1cnccn1. The highest BCUT2D eigenvalue weighted by molar-refractivity contribution is 6.25. The van der Waals surface area contributed by atoms with E-state index in [1.165, 1.54) is 17.1 Å². The molecule has 5 heterocycles. The van der Waals surface area contributed by atoms with Crippen molar-refractivity contribution in [3.63, 3.8) is 0 Å². The molecule has 2 aromatic heterocycles. The molecule has 0 radical (unpaired) electrons. The fraction of sp³-hybridized carbons (Fsp3) is 0.182. The molecular weight excluding hydrogens is 422 g/mol. The average molecular weight is 441 g/mol. The van der Waals surface area contributed by atoms with Gasteiger partial charge in [-0.1, -0.05) is 0 Å². The van der Waals surface area contributed by atoms with Crippen LogP contribution < -0.4 is 10.7 Å². The molecule has 11 heteroatoms. The van der Waals surface area contributed by atoms with Crippen molar-refractivity contribution in [2.45, 2.75) is 18.9 Å². The largest absolute Gasteiger partial charge is 0.359 e. The normalized spacial score (nSPS) is 24.9. The Morgan fingerprint density at radius 3 is 2.91 bits per heavy atom. The molecule has 0 fully saturated rings. The Kier molecular flexibility index (Phi) is 5.05.